The molecule has 0 spiro atoms. The molecule has 0 unspecified atom stereocenters. The zero-order valence-corrected chi connectivity index (χ0v) is 41.5. The average molecular weight is 833 g/mol. The highest BCUT2D eigenvalue weighted by Gasteiger charge is 2.67. The van der Waals surface area contributed by atoms with Crippen molar-refractivity contribution in [3.05, 3.63) is 0 Å². The van der Waals surface area contributed by atoms with Crippen molar-refractivity contribution >= 4 is 35.9 Å². The van der Waals surface area contributed by atoms with E-state index in [0.717, 1.165) is 0 Å². The minimum Gasteiger partial charge on any atom is -0.349 e. The second-order valence-electron chi connectivity index (χ2n) is 14.7. The Labute approximate surface area is 331 Å². The van der Waals surface area contributed by atoms with Crippen molar-refractivity contribution in [2.75, 3.05) is 0 Å². The number of rotatable bonds is 33. The van der Waals surface area contributed by atoms with Crippen LogP contribution in [0.4, 0.5) is 0 Å². The number of hydrogen-bond donors (Lipinski definition) is 0. The van der Waals surface area contributed by atoms with Gasteiger partial charge in [-0.25, -0.2) is 0 Å². The molecule has 320 valence electrons. The smallest absolute Gasteiger partial charge is 0.349 e. The van der Waals surface area contributed by atoms with Gasteiger partial charge in [0.05, 0.1) is 0 Å². The lowest BCUT2D eigenvalue weighted by Crippen LogP contribution is -2.71. The van der Waals surface area contributed by atoms with Crippen molar-refractivity contribution in [1.29, 1.82) is 0 Å². The summed E-state index contributed by atoms with van der Waals surface area (Å²) in [5.41, 5.74) is 0. The molecule has 12 nitrogen and oxygen atoms in total. The summed E-state index contributed by atoms with van der Waals surface area (Å²) in [5, 5.41) is 0. The van der Waals surface area contributed by atoms with E-state index >= 15 is 0 Å². The minimum atomic E-state index is -4.31. The van der Waals surface area contributed by atoms with Crippen LogP contribution < -0.4 is 0 Å². The van der Waals surface area contributed by atoms with Crippen molar-refractivity contribution in [1.82, 2.24) is 0 Å². The van der Waals surface area contributed by atoms with Crippen molar-refractivity contribution in [2.45, 2.75) is 244 Å². The van der Waals surface area contributed by atoms with Crippen molar-refractivity contribution in [3.8, 4) is 0 Å². The van der Waals surface area contributed by atoms with Crippen LogP contribution >= 0.6 is 0 Å². The standard InChI is InChI=1S/C37H84O12Si4/c1-20-29(10)38-51(39-30(11)21-2,40-31(12)22-3)47-50(19,48-52(41-32(13)23-4,42-33(14)24-5)43-34(15)25-6)49-53(44-35(16)26-7,45-36(17)27-8)46-37(18)28-9/h29-37H,20-28H2,1-19H3/t29-,30-,31-,32-,33-,34+,35-,36-,37+/m1/s1. The van der Waals surface area contributed by atoms with Crippen LogP contribution in [-0.4, -0.2) is 90.9 Å². The lowest BCUT2D eigenvalue weighted by atomic mass is 10.3. The van der Waals surface area contributed by atoms with E-state index in [1.165, 1.54) is 0 Å². The molecule has 0 saturated heterocycles. The van der Waals surface area contributed by atoms with Gasteiger partial charge >= 0.3 is 35.9 Å². The fourth-order valence-corrected chi connectivity index (χ4v) is 19.4. The Bertz CT molecular complexity index is 734. The molecule has 0 aliphatic heterocycles. The second-order valence-corrected chi connectivity index (χ2v) is 24.0. The third-order valence-corrected chi connectivity index (χ3v) is 22.9. The quantitative estimate of drug-likeness (QED) is 0.0587. The first-order valence-corrected chi connectivity index (χ1v) is 28.0. The highest BCUT2D eigenvalue weighted by Crippen LogP contribution is 2.35. The zero-order chi connectivity index (χ0) is 41.0. The maximum atomic E-state index is 7.30. The largest absolute Gasteiger partial charge is 0.672 e. The minimum absolute atomic E-state index is 0.273. The Hall–Kier alpha value is 0.388. The van der Waals surface area contributed by atoms with Gasteiger partial charge in [-0.1, -0.05) is 62.3 Å². The molecular weight excluding hydrogens is 749 g/mol. The predicted octanol–water partition coefficient (Wildman–Crippen LogP) is 10.2. The van der Waals surface area contributed by atoms with Gasteiger partial charge in [0, 0.05) is 61.5 Å². The van der Waals surface area contributed by atoms with E-state index in [-0.39, 0.29) is 54.9 Å². The van der Waals surface area contributed by atoms with Gasteiger partial charge in [-0.3, -0.25) is 0 Å². The second kappa shape index (κ2) is 26.4. The Morgan fingerprint density at radius 2 is 0.377 bits per heavy atom. The molecule has 0 bridgehead atoms. The summed E-state index contributed by atoms with van der Waals surface area (Å²) in [6.07, 6.45) is 3.79. The van der Waals surface area contributed by atoms with Gasteiger partial charge < -0.3 is 52.2 Å². The summed E-state index contributed by atoms with van der Waals surface area (Å²) >= 11 is 0. The van der Waals surface area contributed by atoms with Crippen LogP contribution in [0.1, 0.15) is 182 Å². The summed E-state index contributed by atoms with van der Waals surface area (Å²) in [4.78, 5) is 0. The maximum absolute atomic E-state index is 7.30. The summed E-state index contributed by atoms with van der Waals surface area (Å²) < 4.78 is 83.1. The van der Waals surface area contributed by atoms with Crippen LogP contribution in [-0.2, 0) is 52.2 Å². The van der Waals surface area contributed by atoms with Gasteiger partial charge in [0.2, 0.25) is 0 Å². The number of hydrogen-bond acceptors (Lipinski definition) is 12. The fourth-order valence-electron chi connectivity index (χ4n) is 4.18. The van der Waals surface area contributed by atoms with Gasteiger partial charge in [-0.15, -0.1) is 0 Å². The van der Waals surface area contributed by atoms with Crippen LogP contribution in [0.2, 0.25) is 6.55 Å². The molecule has 0 fully saturated rings. The van der Waals surface area contributed by atoms with Crippen LogP contribution in [0.25, 0.3) is 0 Å². The molecule has 16 heteroatoms. The summed E-state index contributed by atoms with van der Waals surface area (Å²) in [6.45, 7) is 38.1. The molecule has 9 atom stereocenters. The highest BCUT2D eigenvalue weighted by atomic mass is 28.5. The molecule has 0 rings (SSSR count). The maximum Gasteiger partial charge on any atom is 0.672 e. The summed E-state index contributed by atoms with van der Waals surface area (Å²) in [7, 11) is -16.8. The first-order valence-electron chi connectivity index (χ1n) is 20.9. The molecule has 53 heavy (non-hydrogen) atoms. The fraction of sp³-hybridized carbons (Fsp3) is 1.00. The third-order valence-electron chi connectivity index (χ3n) is 9.22. The lowest BCUT2D eigenvalue weighted by Gasteiger charge is -2.45. The van der Waals surface area contributed by atoms with Crippen molar-refractivity contribution < 1.29 is 52.2 Å². The molecule has 0 aromatic heterocycles. The van der Waals surface area contributed by atoms with Crippen molar-refractivity contribution in [2.24, 2.45) is 0 Å². The Morgan fingerprint density at radius 3 is 0.472 bits per heavy atom. The van der Waals surface area contributed by atoms with Gasteiger partial charge in [0.1, 0.15) is 0 Å². The van der Waals surface area contributed by atoms with Gasteiger partial charge in [-0.2, -0.15) is 0 Å². The van der Waals surface area contributed by atoms with E-state index in [2.05, 4.69) is 62.3 Å². The molecule has 0 N–H and O–H groups in total. The molecule has 0 aromatic carbocycles. The molecule has 0 saturated carbocycles. The Kier molecular flexibility index (Phi) is 26.6. The van der Waals surface area contributed by atoms with E-state index in [1.54, 1.807) is 6.55 Å². The highest BCUT2D eigenvalue weighted by molar-refractivity contribution is 6.81. The first kappa shape index (κ1) is 53.4. The molecule has 0 aromatic rings. The van der Waals surface area contributed by atoms with Crippen molar-refractivity contribution in [3.63, 3.8) is 0 Å². The van der Waals surface area contributed by atoms with E-state index in [0.29, 0.717) is 57.8 Å². The summed E-state index contributed by atoms with van der Waals surface area (Å²) in [5.74, 6) is 0. The van der Waals surface area contributed by atoms with Gasteiger partial charge in [0.15, 0.2) is 0 Å². The van der Waals surface area contributed by atoms with Gasteiger partial charge in [-0.05, 0) is 120 Å². The van der Waals surface area contributed by atoms with E-state index in [4.69, 9.17) is 52.2 Å². The monoisotopic (exact) mass is 833 g/mol. The molecule has 0 amide bonds. The molecule has 0 radical (unpaired) electrons. The van der Waals surface area contributed by atoms with E-state index in [9.17, 15) is 0 Å². The normalized spacial score (nSPS) is 18.6. The van der Waals surface area contributed by atoms with Crippen LogP contribution in [0.15, 0.2) is 0 Å². The molecule has 0 aliphatic rings. The van der Waals surface area contributed by atoms with E-state index in [1.807, 2.05) is 62.3 Å². The predicted molar refractivity (Wildman–Crippen MR) is 220 cm³/mol. The van der Waals surface area contributed by atoms with E-state index < -0.39 is 35.9 Å². The average Bonchev–Trinajstić information content (AvgIpc) is 3.10. The van der Waals surface area contributed by atoms with Crippen LogP contribution in [0.5, 0.6) is 0 Å². The summed E-state index contributed by atoms with van der Waals surface area (Å²) in [6, 6.07) is 0. The Morgan fingerprint density at radius 1 is 0.264 bits per heavy atom. The van der Waals surface area contributed by atoms with Gasteiger partial charge in [0.25, 0.3) is 0 Å². The topological polar surface area (TPSA) is 111 Å². The lowest BCUT2D eigenvalue weighted by molar-refractivity contribution is -0.103. The molecule has 0 aliphatic carbocycles. The zero-order valence-electron chi connectivity index (χ0n) is 37.5. The SMILES string of the molecule is CC[C@@H](C)O[Si](O[C@H](C)CC)(O[C@H](C)CC)O[Si](C)(O[Si](O[C@H](C)CC)(O[C@H](C)CC)O[C@@H](C)CC)O[Si](O[C@H](C)CC)(O[C@H](C)CC)O[C@@H](C)CC. The van der Waals surface area contributed by atoms with Crippen LogP contribution in [0.3, 0.4) is 0 Å². The van der Waals surface area contributed by atoms with Crippen LogP contribution in [0, 0.1) is 0 Å². The molecular formula is C37H84O12Si4. The first-order chi connectivity index (χ1) is 24.7. The molecule has 0 heterocycles. The third kappa shape index (κ3) is 20.1. The Balaban J connectivity index is 8.33.